The van der Waals surface area contributed by atoms with Crippen molar-refractivity contribution in [1.82, 2.24) is 9.88 Å². The first kappa shape index (κ1) is 15.2. The molecule has 1 aromatic heterocycles. The quantitative estimate of drug-likeness (QED) is 0.679. The molecule has 2 aliphatic carbocycles. The van der Waals surface area contributed by atoms with E-state index in [9.17, 15) is 9.59 Å². The second kappa shape index (κ2) is 5.93. The molecule has 24 heavy (non-hydrogen) atoms. The Morgan fingerprint density at radius 2 is 2.04 bits per heavy atom. The van der Waals surface area contributed by atoms with E-state index < -0.39 is 0 Å². The molecule has 1 aromatic carbocycles. The molecule has 2 bridgehead atoms. The summed E-state index contributed by atoms with van der Waals surface area (Å²) in [5, 5.41) is 4.00. The highest BCUT2D eigenvalue weighted by molar-refractivity contribution is 6.07. The van der Waals surface area contributed by atoms with Crippen molar-refractivity contribution < 1.29 is 9.59 Å². The number of hydrogen-bond acceptors (Lipinski definition) is 2. The van der Waals surface area contributed by atoms with Gasteiger partial charge in [-0.2, -0.15) is 0 Å². The number of carbonyl (C=O) groups is 2. The lowest BCUT2D eigenvalue weighted by atomic mass is 9.94. The van der Waals surface area contributed by atoms with Crippen LogP contribution in [0.5, 0.6) is 0 Å². The third kappa shape index (κ3) is 2.66. The van der Waals surface area contributed by atoms with E-state index in [0.29, 0.717) is 17.4 Å². The molecule has 1 fully saturated rings. The van der Waals surface area contributed by atoms with E-state index in [1.807, 2.05) is 28.8 Å². The lowest BCUT2D eigenvalue weighted by Gasteiger charge is -2.18. The average molecular weight is 322 g/mol. The van der Waals surface area contributed by atoms with Gasteiger partial charge in [0.2, 0.25) is 5.91 Å². The van der Waals surface area contributed by atoms with Crippen LogP contribution in [0.2, 0.25) is 0 Å². The van der Waals surface area contributed by atoms with Gasteiger partial charge in [0.25, 0.3) is 0 Å². The maximum atomic E-state index is 12.4. The molecule has 4 nitrogen and oxygen atoms in total. The van der Waals surface area contributed by atoms with Gasteiger partial charge in [0.15, 0.2) is 5.78 Å². The number of carbonyl (C=O) groups excluding carboxylic acids is 2. The van der Waals surface area contributed by atoms with Crippen molar-refractivity contribution in [1.29, 1.82) is 0 Å². The van der Waals surface area contributed by atoms with Crippen LogP contribution in [0.3, 0.4) is 0 Å². The standard InChI is InChI=1S/C20H22N2O2/c1-13(23)18-11-22(19-5-3-2-4-17(18)19)12-20(24)21-10-16-9-14-6-7-15(16)8-14/h2-7,11,14-16H,8-10,12H2,1H3,(H,21,24)/t14-,15+,16+/m0/s1. The molecule has 1 heterocycles. The largest absolute Gasteiger partial charge is 0.354 e. The third-order valence-electron chi connectivity index (χ3n) is 5.46. The first-order chi connectivity index (χ1) is 11.6. The summed E-state index contributed by atoms with van der Waals surface area (Å²) in [5.74, 6) is 1.99. The van der Waals surface area contributed by atoms with Crippen LogP contribution in [-0.2, 0) is 11.3 Å². The van der Waals surface area contributed by atoms with Crippen LogP contribution >= 0.6 is 0 Å². The number of fused-ring (bicyclic) bond motifs is 3. The van der Waals surface area contributed by atoms with Gasteiger partial charge in [-0.3, -0.25) is 9.59 Å². The van der Waals surface area contributed by atoms with E-state index in [0.717, 1.165) is 23.4 Å². The van der Waals surface area contributed by atoms with Crippen LogP contribution in [0.1, 0.15) is 30.1 Å². The average Bonchev–Trinajstić information content (AvgIpc) is 3.27. The van der Waals surface area contributed by atoms with Crippen molar-refractivity contribution in [3.63, 3.8) is 0 Å². The van der Waals surface area contributed by atoms with E-state index in [1.54, 1.807) is 13.1 Å². The summed E-state index contributed by atoms with van der Waals surface area (Å²) >= 11 is 0. The molecular formula is C20H22N2O2. The fourth-order valence-electron chi connectivity index (χ4n) is 4.24. The highest BCUT2D eigenvalue weighted by atomic mass is 16.2. The fraction of sp³-hybridized carbons (Fsp3) is 0.400. The normalized spacial score (nSPS) is 24.6. The first-order valence-corrected chi connectivity index (χ1v) is 8.65. The minimum absolute atomic E-state index is 0.0117. The van der Waals surface area contributed by atoms with Gasteiger partial charge in [-0.15, -0.1) is 0 Å². The summed E-state index contributed by atoms with van der Waals surface area (Å²) in [6.07, 6.45) is 8.88. The van der Waals surface area contributed by atoms with Crippen LogP contribution < -0.4 is 5.32 Å². The number of nitrogens with one attached hydrogen (secondary N) is 1. The number of benzene rings is 1. The molecule has 2 aromatic rings. The number of para-hydroxylation sites is 1. The minimum Gasteiger partial charge on any atom is -0.354 e. The Labute approximate surface area is 141 Å². The molecule has 3 atom stereocenters. The second-order valence-corrected chi connectivity index (χ2v) is 7.09. The minimum atomic E-state index is 0.0117. The molecule has 4 heteroatoms. The molecule has 1 amide bonds. The van der Waals surface area contributed by atoms with Crippen LogP contribution in [-0.4, -0.2) is 22.8 Å². The van der Waals surface area contributed by atoms with E-state index >= 15 is 0 Å². The van der Waals surface area contributed by atoms with Gasteiger partial charge in [0.05, 0.1) is 0 Å². The second-order valence-electron chi connectivity index (χ2n) is 7.09. The van der Waals surface area contributed by atoms with Gasteiger partial charge < -0.3 is 9.88 Å². The summed E-state index contributed by atoms with van der Waals surface area (Å²) in [7, 11) is 0. The Bertz CT molecular complexity index is 833. The Hall–Kier alpha value is -2.36. The maximum absolute atomic E-state index is 12.4. The summed E-state index contributed by atoms with van der Waals surface area (Å²) in [6, 6.07) is 7.74. The number of ketones is 1. The summed E-state index contributed by atoms with van der Waals surface area (Å²) in [5.41, 5.74) is 1.61. The summed E-state index contributed by atoms with van der Waals surface area (Å²) in [6.45, 7) is 2.57. The predicted octanol–water partition coefficient (Wildman–Crippen LogP) is 3.17. The molecule has 2 aliphatic rings. The van der Waals surface area contributed by atoms with Gasteiger partial charge >= 0.3 is 0 Å². The van der Waals surface area contributed by atoms with E-state index in [2.05, 4.69) is 17.5 Å². The first-order valence-electron chi connectivity index (χ1n) is 8.65. The number of allylic oxidation sites excluding steroid dienone is 2. The van der Waals surface area contributed by atoms with Gasteiger partial charge in [0, 0.05) is 29.2 Å². The van der Waals surface area contributed by atoms with Gasteiger partial charge in [0.1, 0.15) is 6.54 Å². The van der Waals surface area contributed by atoms with Crippen molar-refractivity contribution in [3.05, 3.63) is 48.2 Å². The van der Waals surface area contributed by atoms with Crippen molar-refractivity contribution in [2.24, 2.45) is 17.8 Å². The summed E-state index contributed by atoms with van der Waals surface area (Å²) < 4.78 is 1.88. The maximum Gasteiger partial charge on any atom is 0.239 e. The molecule has 0 unspecified atom stereocenters. The fourth-order valence-corrected chi connectivity index (χ4v) is 4.24. The number of aromatic nitrogens is 1. The molecule has 0 saturated heterocycles. The zero-order chi connectivity index (χ0) is 16.7. The van der Waals surface area contributed by atoms with E-state index in [4.69, 9.17) is 0 Å². The van der Waals surface area contributed by atoms with Crippen LogP contribution in [0.25, 0.3) is 10.9 Å². The highest BCUT2D eigenvalue weighted by Crippen LogP contribution is 2.42. The van der Waals surface area contributed by atoms with E-state index in [1.165, 1.54) is 12.8 Å². The van der Waals surface area contributed by atoms with Crippen LogP contribution in [0.4, 0.5) is 0 Å². The number of hydrogen-bond donors (Lipinski definition) is 1. The molecule has 1 N–H and O–H groups in total. The molecular weight excluding hydrogens is 300 g/mol. The number of amides is 1. The Morgan fingerprint density at radius 1 is 1.21 bits per heavy atom. The van der Waals surface area contributed by atoms with Gasteiger partial charge in [-0.1, -0.05) is 30.4 Å². The third-order valence-corrected chi connectivity index (χ3v) is 5.46. The van der Waals surface area contributed by atoms with Crippen molar-refractivity contribution in [2.75, 3.05) is 6.54 Å². The Balaban J connectivity index is 1.45. The smallest absolute Gasteiger partial charge is 0.239 e. The zero-order valence-corrected chi connectivity index (χ0v) is 13.9. The SMILES string of the molecule is CC(=O)c1cn(CC(=O)NC[C@H]2C[C@H]3C=C[C@@H]2C3)c2ccccc12. The van der Waals surface area contributed by atoms with Crippen LogP contribution in [0.15, 0.2) is 42.6 Å². The topological polar surface area (TPSA) is 51.1 Å². The zero-order valence-electron chi connectivity index (χ0n) is 13.9. The Kier molecular flexibility index (Phi) is 3.75. The van der Waals surface area contributed by atoms with Crippen molar-refractivity contribution >= 4 is 22.6 Å². The van der Waals surface area contributed by atoms with Crippen LogP contribution in [0, 0.1) is 17.8 Å². The molecule has 0 aliphatic heterocycles. The lowest BCUT2D eigenvalue weighted by molar-refractivity contribution is -0.121. The lowest BCUT2D eigenvalue weighted by Crippen LogP contribution is -2.33. The predicted molar refractivity (Wildman–Crippen MR) is 93.8 cm³/mol. The van der Waals surface area contributed by atoms with Crippen molar-refractivity contribution in [2.45, 2.75) is 26.3 Å². The monoisotopic (exact) mass is 322 g/mol. The number of nitrogens with zero attached hydrogens (tertiary/aromatic N) is 1. The van der Waals surface area contributed by atoms with E-state index in [-0.39, 0.29) is 18.2 Å². The van der Waals surface area contributed by atoms with Gasteiger partial charge in [-0.25, -0.2) is 0 Å². The number of rotatable bonds is 5. The molecule has 0 radical (unpaired) electrons. The Morgan fingerprint density at radius 3 is 2.75 bits per heavy atom. The summed E-state index contributed by atoms with van der Waals surface area (Å²) in [4.78, 5) is 24.2. The molecule has 4 rings (SSSR count). The van der Waals surface area contributed by atoms with Crippen molar-refractivity contribution in [3.8, 4) is 0 Å². The molecule has 124 valence electrons. The highest BCUT2D eigenvalue weighted by Gasteiger charge is 2.35. The van der Waals surface area contributed by atoms with Gasteiger partial charge in [-0.05, 0) is 43.6 Å². The number of Topliss-reactive ketones (excluding diaryl/α,β-unsaturated/α-hetero) is 1. The molecule has 0 spiro atoms. The molecule has 1 saturated carbocycles.